The van der Waals surface area contributed by atoms with Crippen LogP contribution in [0.1, 0.15) is 57.4 Å². The molecule has 1 aromatic heterocycles. The molecule has 0 aliphatic heterocycles. The molecule has 5 heteroatoms. The van der Waals surface area contributed by atoms with Crippen LogP contribution in [0.25, 0.3) is 4.72 Å². The monoisotopic (exact) mass is 297 g/mol. The molecule has 0 radical (unpaired) electrons. The molecule has 20 heavy (non-hydrogen) atoms. The maximum absolute atomic E-state index is 11.8. The fourth-order valence-electron chi connectivity index (χ4n) is 1.94. The SMILES string of the molecule is CCCCCCCCCS(=O)(=O)[N-]c1ccc(C)cn1. The summed E-state index contributed by atoms with van der Waals surface area (Å²) in [4.78, 5) is 4.00. The molecule has 0 bridgehead atoms. The van der Waals surface area contributed by atoms with Crippen LogP contribution in [-0.4, -0.2) is 19.2 Å². The first-order valence-corrected chi connectivity index (χ1v) is 9.03. The van der Waals surface area contributed by atoms with Crippen molar-refractivity contribution in [3.63, 3.8) is 0 Å². The molecule has 0 amide bonds. The summed E-state index contributed by atoms with van der Waals surface area (Å²) in [5, 5.41) is 0. The fourth-order valence-corrected chi connectivity index (χ4v) is 3.00. The van der Waals surface area contributed by atoms with E-state index in [1.165, 1.54) is 25.7 Å². The largest absolute Gasteiger partial charge is 0.442 e. The third-order valence-electron chi connectivity index (χ3n) is 3.13. The van der Waals surface area contributed by atoms with Gasteiger partial charge in [-0.1, -0.05) is 69.3 Å². The summed E-state index contributed by atoms with van der Waals surface area (Å²) in [5.74, 6) is 0.398. The Hall–Kier alpha value is -1.10. The smallest absolute Gasteiger partial charge is 0.173 e. The molecule has 1 heterocycles. The van der Waals surface area contributed by atoms with E-state index in [9.17, 15) is 8.42 Å². The normalized spacial score (nSPS) is 11.5. The minimum absolute atomic E-state index is 0.121. The third-order valence-corrected chi connectivity index (χ3v) is 4.40. The summed E-state index contributed by atoms with van der Waals surface area (Å²) in [6.45, 7) is 4.09. The number of aryl methyl sites for hydroxylation is 1. The van der Waals surface area contributed by atoms with E-state index in [4.69, 9.17) is 0 Å². The quantitative estimate of drug-likeness (QED) is 0.598. The predicted octanol–water partition coefficient (Wildman–Crippen LogP) is 4.48. The van der Waals surface area contributed by atoms with E-state index in [2.05, 4.69) is 16.6 Å². The van der Waals surface area contributed by atoms with E-state index in [0.29, 0.717) is 6.42 Å². The maximum atomic E-state index is 11.8. The number of unbranched alkanes of at least 4 members (excludes halogenated alkanes) is 6. The summed E-state index contributed by atoms with van der Waals surface area (Å²) in [6.07, 6.45) is 9.33. The lowest BCUT2D eigenvalue weighted by Crippen LogP contribution is -2.03. The van der Waals surface area contributed by atoms with Crippen LogP contribution < -0.4 is 0 Å². The van der Waals surface area contributed by atoms with Gasteiger partial charge >= 0.3 is 0 Å². The Morgan fingerprint density at radius 2 is 1.70 bits per heavy atom. The highest BCUT2D eigenvalue weighted by atomic mass is 32.2. The Morgan fingerprint density at radius 1 is 1.05 bits per heavy atom. The first-order valence-electron chi connectivity index (χ1n) is 7.42. The summed E-state index contributed by atoms with van der Waals surface area (Å²) < 4.78 is 27.4. The molecule has 0 saturated heterocycles. The van der Waals surface area contributed by atoms with Gasteiger partial charge in [-0.3, -0.25) is 0 Å². The van der Waals surface area contributed by atoms with E-state index in [1.807, 2.05) is 13.0 Å². The number of pyridine rings is 1. The second-order valence-corrected chi connectivity index (χ2v) is 6.95. The van der Waals surface area contributed by atoms with E-state index < -0.39 is 10.0 Å². The molecule has 0 saturated carbocycles. The Balaban J connectivity index is 2.23. The molecule has 0 fully saturated rings. The van der Waals surface area contributed by atoms with Crippen molar-refractivity contribution in [2.24, 2.45) is 0 Å². The standard InChI is InChI=1S/C15H25N2O2S/c1-3-4-5-6-7-8-9-12-20(18,19)17-15-11-10-14(2)13-16-15/h10-11,13H,3-9,12H2,1-2H3/q-1. The zero-order valence-electron chi connectivity index (χ0n) is 12.5. The van der Waals surface area contributed by atoms with Gasteiger partial charge in [-0.2, -0.15) is 0 Å². The van der Waals surface area contributed by atoms with Gasteiger partial charge in [-0.15, -0.1) is 0 Å². The van der Waals surface area contributed by atoms with Crippen molar-refractivity contribution in [3.8, 4) is 0 Å². The van der Waals surface area contributed by atoms with Gasteiger partial charge in [0.05, 0.1) is 5.75 Å². The number of hydrogen-bond acceptors (Lipinski definition) is 3. The third kappa shape index (κ3) is 7.48. The highest BCUT2D eigenvalue weighted by Gasteiger charge is 2.04. The van der Waals surface area contributed by atoms with Gasteiger partial charge in [0.25, 0.3) is 0 Å². The molecular weight excluding hydrogens is 272 g/mol. The molecule has 0 unspecified atom stereocenters. The van der Waals surface area contributed by atoms with Crippen LogP contribution in [0.4, 0.5) is 5.82 Å². The molecule has 0 aromatic carbocycles. The van der Waals surface area contributed by atoms with Crippen LogP contribution in [0.5, 0.6) is 0 Å². The lowest BCUT2D eigenvalue weighted by atomic mass is 10.1. The average molecular weight is 297 g/mol. The minimum atomic E-state index is -3.38. The molecule has 0 N–H and O–H groups in total. The average Bonchev–Trinajstić information content (AvgIpc) is 2.40. The van der Waals surface area contributed by atoms with Gasteiger partial charge in [0.1, 0.15) is 0 Å². The zero-order chi connectivity index (χ0) is 14.8. The van der Waals surface area contributed by atoms with Crippen molar-refractivity contribution in [3.05, 3.63) is 28.6 Å². The van der Waals surface area contributed by atoms with E-state index in [0.717, 1.165) is 18.4 Å². The number of nitrogens with zero attached hydrogens (tertiary/aromatic N) is 2. The predicted molar refractivity (Wildman–Crippen MR) is 83.8 cm³/mol. The van der Waals surface area contributed by atoms with Crippen molar-refractivity contribution in [2.45, 2.75) is 58.8 Å². The topological polar surface area (TPSA) is 61.1 Å². The molecule has 1 aromatic rings. The number of rotatable bonds is 10. The molecule has 0 aliphatic rings. The van der Waals surface area contributed by atoms with Gasteiger partial charge in [-0.25, -0.2) is 8.42 Å². The van der Waals surface area contributed by atoms with E-state index in [1.54, 1.807) is 12.3 Å². The molecule has 0 atom stereocenters. The Kier molecular flexibility index (Phi) is 7.59. The zero-order valence-corrected chi connectivity index (χ0v) is 13.3. The molecule has 4 nitrogen and oxygen atoms in total. The van der Waals surface area contributed by atoms with Gasteiger partial charge in [0.2, 0.25) is 0 Å². The summed E-state index contributed by atoms with van der Waals surface area (Å²) in [7, 11) is -3.38. The van der Waals surface area contributed by atoms with Crippen LogP contribution in [0.3, 0.4) is 0 Å². The molecule has 0 aliphatic carbocycles. The lowest BCUT2D eigenvalue weighted by Gasteiger charge is -2.15. The fraction of sp³-hybridized carbons (Fsp3) is 0.667. The molecule has 0 spiro atoms. The molecule has 114 valence electrons. The van der Waals surface area contributed by atoms with E-state index in [-0.39, 0.29) is 11.6 Å². The van der Waals surface area contributed by atoms with Gasteiger partial charge in [0, 0.05) is 0 Å². The van der Waals surface area contributed by atoms with Crippen LogP contribution in [0.2, 0.25) is 0 Å². The number of aromatic nitrogens is 1. The summed E-state index contributed by atoms with van der Waals surface area (Å²) in [6, 6.07) is 3.45. The van der Waals surface area contributed by atoms with Crippen LogP contribution in [0.15, 0.2) is 18.3 Å². The van der Waals surface area contributed by atoms with Crippen molar-refractivity contribution in [1.29, 1.82) is 0 Å². The second kappa shape index (κ2) is 8.95. The van der Waals surface area contributed by atoms with Crippen molar-refractivity contribution >= 4 is 15.8 Å². The Morgan fingerprint density at radius 3 is 2.30 bits per heavy atom. The van der Waals surface area contributed by atoms with Gasteiger partial charge in [-0.05, 0) is 19.2 Å². The molecule has 1 rings (SSSR count). The minimum Gasteiger partial charge on any atom is -0.442 e. The lowest BCUT2D eigenvalue weighted by molar-refractivity contribution is 0.583. The first kappa shape index (κ1) is 17.0. The maximum Gasteiger partial charge on any atom is 0.173 e. The Bertz CT molecular complexity index is 469. The van der Waals surface area contributed by atoms with Gasteiger partial charge < -0.3 is 9.71 Å². The first-order chi connectivity index (χ1) is 9.53. The second-order valence-electron chi connectivity index (χ2n) is 5.19. The number of hydrogen-bond donors (Lipinski definition) is 0. The highest BCUT2D eigenvalue weighted by molar-refractivity contribution is 7.94. The summed E-state index contributed by atoms with van der Waals surface area (Å²) in [5.41, 5.74) is 0.994. The Labute approximate surface area is 123 Å². The highest BCUT2D eigenvalue weighted by Crippen LogP contribution is 2.21. The van der Waals surface area contributed by atoms with Crippen LogP contribution in [-0.2, 0) is 10.0 Å². The van der Waals surface area contributed by atoms with Crippen LogP contribution in [0, 0.1) is 6.92 Å². The van der Waals surface area contributed by atoms with Gasteiger partial charge in [0.15, 0.2) is 10.0 Å². The molecular formula is C15H25N2O2S-. The summed E-state index contributed by atoms with van der Waals surface area (Å²) >= 11 is 0. The van der Waals surface area contributed by atoms with Crippen LogP contribution >= 0.6 is 0 Å². The number of sulfonamides is 1. The van der Waals surface area contributed by atoms with Crippen molar-refractivity contribution in [1.82, 2.24) is 4.98 Å². The van der Waals surface area contributed by atoms with Crippen molar-refractivity contribution in [2.75, 3.05) is 5.75 Å². The van der Waals surface area contributed by atoms with Crippen molar-refractivity contribution < 1.29 is 8.42 Å². The van der Waals surface area contributed by atoms with E-state index >= 15 is 0 Å².